The second kappa shape index (κ2) is 7.45. The summed E-state index contributed by atoms with van der Waals surface area (Å²) in [4.78, 5) is 16.9. The first-order valence-corrected chi connectivity index (χ1v) is 8.97. The van der Waals surface area contributed by atoms with E-state index >= 15 is 0 Å². The van der Waals surface area contributed by atoms with Crippen LogP contribution in [0, 0.1) is 6.92 Å². The number of hydrogen-bond acceptors (Lipinski definition) is 3. The minimum Gasteiger partial charge on any atom is -0.350 e. The second-order valence-electron chi connectivity index (χ2n) is 6.58. The molecule has 6 nitrogen and oxygen atoms in total. The lowest BCUT2D eigenvalue weighted by molar-refractivity contribution is 0.0950. The Morgan fingerprint density at radius 2 is 2.04 bits per heavy atom. The van der Waals surface area contributed by atoms with Gasteiger partial charge in [-0.2, -0.15) is 5.10 Å². The van der Waals surface area contributed by atoms with E-state index in [1.54, 1.807) is 6.20 Å². The van der Waals surface area contributed by atoms with Crippen molar-refractivity contribution >= 4 is 16.8 Å². The molecule has 27 heavy (non-hydrogen) atoms. The Labute approximate surface area is 157 Å². The van der Waals surface area contributed by atoms with Gasteiger partial charge in [0, 0.05) is 37.3 Å². The van der Waals surface area contributed by atoms with E-state index in [2.05, 4.69) is 37.2 Å². The molecule has 0 aliphatic rings. The summed E-state index contributed by atoms with van der Waals surface area (Å²) in [5.74, 6) is 0.773. The normalized spacial score (nSPS) is 11.0. The van der Waals surface area contributed by atoms with E-state index in [1.165, 1.54) is 5.56 Å². The Hall–Kier alpha value is -3.41. The molecule has 0 spiro atoms. The highest BCUT2D eigenvalue weighted by Crippen LogP contribution is 2.17. The molecular formula is C21H21N5O. The van der Waals surface area contributed by atoms with E-state index in [1.807, 2.05) is 49.5 Å². The van der Waals surface area contributed by atoms with Gasteiger partial charge in [0.15, 0.2) is 5.69 Å². The summed E-state index contributed by atoms with van der Waals surface area (Å²) in [6.07, 6.45) is 4.42. The first-order valence-electron chi connectivity index (χ1n) is 8.97. The van der Waals surface area contributed by atoms with Crippen LogP contribution in [0.2, 0.25) is 0 Å². The number of amides is 1. The van der Waals surface area contributed by atoms with Crippen molar-refractivity contribution in [1.29, 1.82) is 0 Å². The zero-order valence-corrected chi connectivity index (χ0v) is 15.1. The standard InChI is InChI=1S/C21H21N5O/c1-15-7-8-18-17(13-15)20(25-24-18)21(27)23-10-9-19-22-11-12-26(19)14-16-5-3-2-4-6-16/h2-8,11-13H,9-10,14H2,1H3,(H,23,27)(H,24,25). The highest BCUT2D eigenvalue weighted by Gasteiger charge is 2.14. The van der Waals surface area contributed by atoms with Crippen molar-refractivity contribution in [3.05, 3.63) is 83.6 Å². The number of nitrogens with one attached hydrogen (secondary N) is 2. The predicted octanol–water partition coefficient (Wildman–Crippen LogP) is 3.09. The molecule has 6 heteroatoms. The summed E-state index contributed by atoms with van der Waals surface area (Å²) < 4.78 is 2.11. The maximum atomic E-state index is 12.5. The van der Waals surface area contributed by atoms with E-state index in [0.29, 0.717) is 18.7 Å². The van der Waals surface area contributed by atoms with Gasteiger partial charge in [-0.25, -0.2) is 4.98 Å². The summed E-state index contributed by atoms with van der Waals surface area (Å²) in [5, 5.41) is 10.9. The molecule has 0 fully saturated rings. The number of carbonyl (C=O) groups is 1. The van der Waals surface area contributed by atoms with Gasteiger partial charge in [-0.15, -0.1) is 0 Å². The number of fused-ring (bicyclic) bond motifs is 1. The fraction of sp³-hybridized carbons (Fsp3) is 0.190. The number of H-pyrrole nitrogens is 1. The highest BCUT2D eigenvalue weighted by atomic mass is 16.1. The quantitative estimate of drug-likeness (QED) is 0.555. The molecule has 0 aliphatic heterocycles. The molecule has 0 bridgehead atoms. The van der Waals surface area contributed by atoms with Crippen LogP contribution in [-0.2, 0) is 13.0 Å². The van der Waals surface area contributed by atoms with Gasteiger partial charge in [0.1, 0.15) is 5.82 Å². The Bertz CT molecular complexity index is 1060. The molecule has 2 N–H and O–H groups in total. The minimum atomic E-state index is -0.173. The van der Waals surface area contributed by atoms with Crippen LogP contribution < -0.4 is 5.32 Å². The third-order valence-electron chi connectivity index (χ3n) is 4.57. The zero-order valence-electron chi connectivity index (χ0n) is 15.1. The molecule has 0 radical (unpaired) electrons. The van der Waals surface area contributed by atoms with Crippen LogP contribution >= 0.6 is 0 Å². The molecule has 4 aromatic rings. The van der Waals surface area contributed by atoms with Gasteiger partial charge in [0.25, 0.3) is 5.91 Å². The Kier molecular flexibility index (Phi) is 4.70. The minimum absolute atomic E-state index is 0.173. The van der Waals surface area contributed by atoms with Crippen molar-refractivity contribution < 1.29 is 4.79 Å². The van der Waals surface area contributed by atoms with E-state index in [9.17, 15) is 4.79 Å². The van der Waals surface area contributed by atoms with Crippen molar-refractivity contribution in [3.8, 4) is 0 Å². The summed E-state index contributed by atoms with van der Waals surface area (Å²) in [6, 6.07) is 16.2. The van der Waals surface area contributed by atoms with Crippen molar-refractivity contribution in [2.45, 2.75) is 19.9 Å². The average Bonchev–Trinajstić information content (AvgIpc) is 3.29. The third-order valence-corrected chi connectivity index (χ3v) is 4.57. The van der Waals surface area contributed by atoms with Crippen LogP contribution in [0.5, 0.6) is 0 Å². The number of aryl methyl sites for hydroxylation is 1. The molecule has 2 aromatic carbocycles. The van der Waals surface area contributed by atoms with Gasteiger partial charge in [0.2, 0.25) is 0 Å². The zero-order chi connectivity index (χ0) is 18.6. The number of aromatic nitrogens is 4. The molecule has 0 saturated heterocycles. The molecule has 2 heterocycles. The van der Waals surface area contributed by atoms with Crippen molar-refractivity contribution in [1.82, 2.24) is 25.1 Å². The monoisotopic (exact) mass is 359 g/mol. The number of rotatable bonds is 6. The van der Waals surface area contributed by atoms with Crippen molar-refractivity contribution in [3.63, 3.8) is 0 Å². The molecule has 0 unspecified atom stereocenters. The molecule has 0 saturated carbocycles. The number of aromatic amines is 1. The third kappa shape index (κ3) is 3.74. The number of nitrogens with zero attached hydrogens (tertiary/aromatic N) is 3. The maximum absolute atomic E-state index is 12.5. The lowest BCUT2D eigenvalue weighted by Crippen LogP contribution is -2.27. The summed E-state index contributed by atoms with van der Waals surface area (Å²) in [7, 11) is 0. The Balaban J connectivity index is 1.39. The van der Waals surface area contributed by atoms with Crippen LogP contribution in [-0.4, -0.2) is 32.2 Å². The first kappa shape index (κ1) is 17.0. The molecule has 1 amide bonds. The van der Waals surface area contributed by atoms with Crippen LogP contribution in [0.3, 0.4) is 0 Å². The smallest absolute Gasteiger partial charge is 0.272 e. The molecule has 0 atom stereocenters. The fourth-order valence-corrected chi connectivity index (χ4v) is 3.16. The van der Waals surface area contributed by atoms with Crippen molar-refractivity contribution in [2.24, 2.45) is 0 Å². The summed E-state index contributed by atoms with van der Waals surface area (Å²) in [6.45, 7) is 3.28. The summed E-state index contributed by atoms with van der Waals surface area (Å²) in [5.41, 5.74) is 3.62. The number of hydrogen-bond donors (Lipinski definition) is 2. The van der Waals surface area contributed by atoms with Gasteiger partial charge >= 0.3 is 0 Å². The predicted molar refractivity (Wildman–Crippen MR) is 105 cm³/mol. The number of imidazole rings is 1. The summed E-state index contributed by atoms with van der Waals surface area (Å²) >= 11 is 0. The van der Waals surface area contributed by atoms with Gasteiger partial charge < -0.3 is 9.88 Å². The van der Waals surface area contributed by atoms with Crippen LogP contribution in [0.25, 0.3) is 10.9 Å². The van der Waals surface area contributed by atoms with Gasteiger partial charge in [-0.05, 0) is 24.6 Å². The molecular weight excluding hydrogens is 338 g/mol. The first-order chi connectivity index (χ1) is 13.2. The molecule has 4 rings (SSSR count). The lowest BCUT2D eigenvalue weighted by Gasteiger charge is -2.08. The lowest BCUT2D eigenvalue weighted by atomic mass is 10.1. The average molecular weight is 359 g/mol. The number of carbonyl (C=O) groups excluding carboxylic acids is 1. The fourth-order valence-electron chi connectivity index (χ4n) is 3.16. The maximum Gasteiger partial charge on any atom is 0.272 e. The second-order valence-corrected chi connectivity index (χ2v) is 6.58. The Morgan fingerprint density at radius 1 is 1.19 bits per heavy atom. The molecule has 136 valence electrons. The van der Waals surface area contributed by atoms with E-state index in [-0.39, 0.29) is 5.91 Å². The SMILES string of the molecule is Cc1ccc2[nH]nc(C(=O)NCCc3nccn3Cc3ccccc3)c2c1. The van der Waals surface area contributed by atoms with Gasteiger partial charge in [-0.3, -0.25) is 9.89 Å². The number of benzene rings is 2. The van der Waals surface area contributed by atoms with Gasteiger partial charge in [0.05, 0.1) is 5.52 Å². The van der Waals surface area contributed by atoms with Crippen LogP contribution in [0.15, 0.2) is 60.9 Å². The highest BCUT2D eigenvalue weighted by molar-refractivity contribution is 6.04. The van der Waals surface area contributed by atoms with E-state index in [4.69, 9.17) is 0 Å². The van der Waals surface area contributed by atoms with E-state index in [0.717, 1.165) is 28.8 Å². The van der Waals surface area contributed by atoms with Crippen LogP contribution in [0.4, 0.5) is 0 Å². The van der Waals surface area contributed by atoms with E-state index < -0.39 is 0 Å². The largest absolute Gasteiger partial charge is 0.350 e. The van der Waals surface area contributed by atoms with Crippen LogP contribution in [0.1, 0.15) is 27.4 Å². The Morgan fingerprint density at radius 3 is 2.89 bits per heavy atom. The van der Waals surface area contributed by atoms with Gasteiger partial charge in [-0.1, -0.05) is 42.0 Å². The molecule has 2 aromatic heterocycles. The van der Waals surface area contributed by atoms with Crippen molar-refractivity contribution in [2.75, 3.05) is 6.54 Å². The topological polar surface area (TPSA) is 75.6 Å². The molecule has 0 aliphatic carbocycles.